The minimum absolute atomic E-state index is 0.134. The molecule has 1 aromatic rings. The number of benzene rings is 1. The quantitative estimate of drug-likeness (QED) is 0.876. The Morgan fingerprint density at radius 1 is 1.24 bits per heavy atom. The van der Waals surface area contributed by atoms with Crippen LogP contribution in [0, 0.1) is 11.8 Å². The van der Waals surface area contributed by atoms with Gasteiger partial charge in [-0.15, -0.1) is 0 Å². The van der Waals surface area contributed by atoms with E-state index in [0.717, 1.165) is 43.0 Å². The third kappa shape index (κ3) is 4.46. The highest BCUT2D eigenvalue weighted by Gasteiger charge is 2.24. The van der Waals surface area contributed by atoms with Crippen molar-refractivity contribution in [3.05, 3.63) is 24.3 Å². The lowest BCUT2D eigenvalue weighted by molar-refractivity contribution is -0.121. The predicted molar refractivity (Wildman–Crippen MR) is 86.5 cm³/mol. The third-order valence-electron chi connectivity index (χ3n) is 4.40. The zero-order valence-corrected chi connectivity index (χ0v) is 13.0. The number of rotatable bonds is 5. The highest BCUT2D eigenvalue weighted by atomic mass is 16.3. The van der Waals surface area contributed by atoms with Crippen molar-refractivity contribution in [2.75, 3.05) is 30.4 Å². The number of hydrogen-bond acceptors (Lipinski definition) is 3. The van der Waals surface area contributed by atoms with Crippen LogP contribution in [0.5, 0.6) is 0 Å². The SMILES string of the molecule is CC1CCC(C(=O)Nc2ccc(N(C)CCO)cc2)CC1. The van der Waals surface area contributed by atoms with Crippen molar-refractivity contribution in [2.24, 2.45) is 11.8 Å². The molecule has 0 atom stereocenters. The van der Waals surface area contributed by atoms with E-state index in [2.05, 4.69) is 12.2 Å². The van der Waals surface area contributed by atoms with E-state index in [1.165, 1.54) is 0 Å². The topological polar surface area (TPSA) is 52.6 Å². The first kappa shape index (κ1) is 15.8. The third-order valence-corrected chi connectivity index (χ3v) is 4.40. The van der Waals surface area contributed by atoms with Crippen LogP contribution in [0.15, 0.2) is 24.3 Å². The van der Waals surface area contributed by atoms with Crippen molar-refractivity contribution in [1.29, 1.82) is 0 Å². The Morgan fingerprint density at radius 2 is 1.86 bits per heavy atom. The van der Waals surface area contributed by atoms with Gasteiger partial charge >= 0.3 is 0 Å². The predicted octanol–water partition coefficient (Wildman–Crippen LogP) is 2.88. The molecule has 4 heteroatoms. The Kier molecular flexibility index (Phi) is 5.62. The zero-order chi connectivity index (χ0) is 15.2. The van der Waals surface area contributed by atoms with Crippen LogP contribution in [-0.4, -0.2) is 31.2 Å². The molecule has 0 unspecified atom stereocenters. The molecule has 0 heterocycles. The summed E-state index contributed by atoms with van der Waals surface area (Å²) in [5.41, 5.74) is 1.88. The highest BCUT2D eigenvalue weighted by molar-refractivity contribution is 5.92. The van der Waals surface area contributed by atoms with Gasteiger partial charge in [-0.3, -0.25) is 4.79 Å². The summed E-state index contributed by atoms with van der Waals surface area (Å²) in [6, 6.07) is 7.78. The minimum atomic E-state index is 0.134. The minimum Gasteiger partial charge on any atom is -0.395 e. The van der Waals surface area contributed by atoms with Gasteiger partial charge in [0.25, 0.3) is 0 Å². The number of carbonyl (C=O) groups excluding carboxylic acids is 1. The second-order valence-electron chi connectivity index (χ2n) is 6.14. The summed E-state index contributed by atoms with van der Waals surface area (Å²) in [5, 5.41) is 12.0. The molecule has 0 aliphatic heterocycles. The monoisotopic (exact) mass is 290 g/mol. The van der Waals surface area contributed by atoms with Gasteiger partial charge < -0.3 is 15.3 Å². The fraction of sp³-hybridized carbons (Fsp3) is 0.588. The van der Waals surface area contributed by atoms with Crippen molar-refractivity contribution < 1.29 is 9.90 Å². The normalized spacial score (nSPS) is 21.9. The Labute approximate surface area is 127 Å². The lowest BCUT2D eigenvalue weighted by Gasteiger charge is -2.25. The van der Waals surface area contributed by atoms with Gasteiger partial charge in [0.1, 0.15) is 0 Å². The average Bonchev–Trinajstić information content (AvgIpc) is 2.49. The molecule has 1 amide bonds. The fourth-order valence-corrected chi connectivity index (χ4v) is 2.84. The standard InChI is InChI=1S/C17H26N2O2/c1-13-3-5-14(6-4-13)17(21)18-15-7-9-16(10-8-15)19(2)11-12-20/h7-10,13-14,20H,3-6,11-12H2,1-2H3,(H,18,21). The van der Waals surface area contributed by atoms with Gasteiger partial charge in [-0.25, -0.2) is 0 Å². The summed E-state index contributed by atoms with van der Waals surface area (Å²) in [7, 11) is 1.94. The molecule has 21 heavy (non-hydrogen) atoms. The number of likely N-dealkylation sites (N-methyl/N-ethyl adjacent to an activating group) is 1. The van der Waals surface area contributed by atoms with E-state index >= 15 is 0 Å². The van der Waals surface area contributed by atoms with Crippen LogP contribution in [0.1, 0.15) is 32.6 Å². The molecule has 1 saturated carbocycles. The highest BCUT2D eigenvalue weighted by Crippen LogP contribution is 2.29. The van der Waals surface area contributed by atoms with E-state index in [1.807, 2.05) is 36.2 Å². The molecule has 1 aliphatic carbocycles. The summed E-state index contributed by atoms with van der Waals surface area (Å²) in [6.45, 7) is 3.00. The van der Waals surface area contributed by atoms with Crippen molar-refractivity contribution in [3.63, 3.8) is 0 Å². The first-order chi connectivity index (χ1) is 10.1. The first-order valence-electron chi connectivity index (χ1n) is 7.83. The molecule has 4 nitrogen and oxygen atoms in total. The number of carbonyl (C=O) groups is 1. The fourth-order valence-electron chi connectivity index (χ4n) is 2.84. The first-order valence-corrected chi connectivity index (χ1v) is 7.83. The molecule has 1 aliphatic rings. The molecule has 2 N–H and O–H groups in total. The Balaban J connectivity index is 1.89. The van der Waals surface area contributed by atoms with E-state index in [4.69, 9.17) is 5.11 Å². The van der Waals surface area contributed by atoms with Gasteiger partial charge in [0.2, 0.25) is 5.91 Å². The van der Waals surface area contributed by atoms with Gasteiger partial charge in [-0.05, 0) is 55.9 Å². The van der Waals surface area contributed by atoms with Gasteiger partial charge in [0.15, 0.2) is 0 Å². The number of anilines is 2. The number of aliphatic hydroxyl groups excluding tert-OH is 1. The summed E-state index contributed by atoms with van der Waals surface area (Å²) in [4.78, 5) is 14.2. The molecule has 0 spiro atoms. The smallest absolute Gasteiger partial charge is 0.227 e. The molecule has 0 radical (unpaired) electrons. The van der Waals surface area contributed by atoms with E-state index < -0.39 is 0 Å². The van der Waals surface area contributed by atoms with Crippen LogP contribution in [0.2, 0.25) is 0 Å². The Bertz CT molecular complexity index is 450. The number of hydrogen-bond donors (Lipinski definition) is 2. The maximum absolute atomic E-state index is 12.2. The van der Waals surface area contributed by atoms with E-state index in [9.17, 15) is 4.79 Å². The van der Waals surface area contributed by atoms with Crippen molar-refractivity contribution in [2.45, 2.75) is 32.6 Å². The summed E-state index contributed by atoms with van der Waals surface area (Å²) < 4.78 is 0. The van der Waals surface area contributed by atoms with Crippen molar-refractivity contribution in [3.8, 4) is 0 Å². The second-order valence-corrected chi connectivity index (χ2v) is 6.14. The number of aliphatic hydroxyl groups is 1. The molecular formula is C17H26N2O2. The number of amides is 1. The Morgan fingerprint density at radius 3 is 2.43 bits per heavy atom. The average molecular weight is 290 g/mol. The van der Waals surface area contributed by atoms with Gasteiger partial charge in [0.05, 0.1) is 6.61 Å². The number of nitrogens with zero attached hydrogens (tertiary/aromatic N) is 1. The van der Waals surface area contributed by atoms with E-state index in [0.29, 0.717) is 6.54 Å². The van der Waals surface area contributed by atoms with Crippen LogP contribution < -0.4 is 10.2 Å². The van der Waals surface area contributed by atoms with Crippen LogP contribution in [0.3, 0.4) is 0 Å². The molecule has 0 saturated heterocycles. The lowest BCUT2D eigenvalue weighted by Crippen LogP contribution is -2.26. The molecule has 1 fully saturated rings. The van der Waals surface area contributed by atoms with Crippen LogP contribution >= 0.6 is 0 Å². The molecule has 1 aromatic carbocycles. The Hall–Kier alpha value is -1.55. The molecule has 0 aromatic heterocycles. The second kappa shape index (κ2) is 7.46. The summed E-state index contributed by atoms with van der Waals surface area (Å²) in [5.74, 6) is 1.08. The van der Waals surface area contributed by atoms with Gasteiger partial charge in [0, 0.05) is 30.9 Å². The summed E-state index contributed by atoms with van der Waals surface area (Å²) in [6.07, 6.45) is 4.32. The van der Waals surface area contributed by atoms with E-state index in [-0.39, 0.29) is 18.4 Å². The van der Waals surface area contributed by atoms with Crippen molar-refractivity contribution in [1.82, 2.24) is 0 Å². The van der Waals surface area contributed by atoms with Gasteiger partial charge in [-0.2, -0.15) is 0 Å². The van der Waals surface area contributed by atoms with E-state index in [1.54, 1.807) is 0 Å². The molecule has 0 bridgehead atoms. The maximum Gasteiger partial charge on any atom is 0.227 e. The largest absolute Gasteiger partial charge is 0.395 e. The van der Waals surface area contributed by atoms with Crippen LogP contribution in [-0.2, 0) is 4.79 Å². The summed E-state index contributed by atoms with van der Waals surface area (Å²) >= 11 is 0. The maximum atomic E-state index is 12.2. The molecule has 116 valence electrons. The van der Waals surface area contributed by atoms with Crippen molar-refractivity contribution >= 4 is 17.3 Å². The molecular weight excluding hydrogens is 264 g/mol. The van der Waals surface area contributed by atoms with Crippen LogP contribution in [0.4, 0.5) is 11.4 Å². The lowest BCUT2D eigenvalue weighted by atomic mass is 9.82. The zero-order valence-electron chi connectivity index (χ0n) is 13.0. The number of nitrogens with one attached hydrogen (secondary N) is 1. The van der Waals surface area contributed by atoms with Crippen LogP contribution in [0.25, 0.3) is 0 Å². The van der Waals surface area contributed by atoms with Gasteiger partial charge in [-0.1, -0.05) is 6.92 Å². The molecule has 2 rings (SSSR count).